The van der Waals surface area contributed by atoms with Crippen molar-refractivity contribution in [3.63, 3.8) is 0 Å². The first kappa shape index (κ1) is 15.8. The highest BCUT2D eigenvalue weighted by Gasteiger charge is 2.33. The summed E-state index contributed by atoms with van der Waals surface area (Å²) >= 11 is 5.75. The van der Waals surface area contributed by atoms with E-state index in [4.69, 9.17) is 11.6 Å². The first-order chi connectivity index (χ1) is 9.95. The summed E-state index contributed by atoms with van der Waals surface area (Å²) in [5, 5.41) is -0.0301. The molecule has 0 radical (unpaired) electrons. The molecule has 0 unspecified atom stereocenters. The first-order valence-corrected chi connectivity index (χ1v) is 7.35. The van der Waals surface area contributed by atoms with Crippen LogP contribution in [0.3, 0.4) is 0 Å². The number of carbonyl (C=O) groups excluding carboxylic acids is 2. The molecule has 1 aliphatic heterocycles. The van der Waals surface area contributed by atoms with Crippen LogP contribution in [0.2, 0.25) is 5.02 Å². The molecule has 2 amide bonds. The van der Waals surface area contributed by atoms with Crippen LogP contribution in [0, 0.1) is 5.82 Å². The summed E-state index contributed by atoms with van der Waals surface area (Å²) in [6, 6.07) is 3.66. The van der Waals surface area contributed by atoms with Gasteiger partial charge in [-0.25, -0.2) is 4.39 Å². The maximum Gasteiger partial charge on any atom is 0.249 e. The predicted octanol–water partition coefficient (Wildman–Crippen LogP) is 2.84. The lowest BCUT2D eigenvalue weighted by Gasteiger charge is -2.30. The van der Waals surface area contributed by atoms with Crippen LogP contribution in [-0.2, 0) is 9.59 Å². The fourth-order valence-electron chi connectivity index (χ4n) is 2.57. The van der Waals surface area contributed by atoms with Gasteiger partial charge in [-0.05, 0) is 31.0 Å². The van der Waals surface area contributed by atoms with Gasteiger partial charge in [-0.2, -0.15) is 0 Å². The molecule has 1 heterocycles. The van der Waals surface area contributed by atoms with Crippen LogP contribution in [0.15, 0.2) is 18.2 Å². The number of likely N-dealkylation sites (N-methyl/N-ethyl adjacent to an activating group) is 1. The number of nitrogens with zero attached hydrogens (tertiary/aromatic N) is 2. The second kappa shape index (κ2) is 6.43. The molecule has 1 atom stereocenters. The minimum atomic E-state index is -0.525. The average molecular weight is 313 g/mol. The minimum absolute atomic E-state index is 0.0146. The monoisotopic (exact) mass is 312 g/mol. The molecule has 21 heavy (non-hydrogen) atoms. The first-order valence-electron chi connectivity index (χ1n) is 6.97. The molecular weight excluding hydrogens is 295 g/mol. The lowest BCUT2D eigenvalue weighted by atomic mass is 10.1. The van der Waals surface area contributed by atoms with Crippen molar-refractivity contribution in [1.29, 1.82) is 0 Å². The molecule has 6 heteroatoms. The van der Waals surface area contributed by atoms with E-state index in [9.17, 15) is 14.0 Å². The zero-order valence-corrected chi connectivity index (χ0v) is 12.9. The van der Waals surface area contributed by atoms with E-state index >= 15 is 0 Å². The Morgan fingerprint density at radius 1 is 1.52 bits per heavy atom. The number of carbonyl (C=O) groups is 2. The highest BCUT2D eigenvalue weighted by molar-refractivity contribution is 6.31. The molecule has 1 saturated heterocycles. The van der Waals surface area contributed by atoms with Gasteiger partial charge < -0.3 is 9.80 Å². The van der Waals surface area contributed by atoms with Gasteiger partial charge in [-0.15, -0.1) is 0 Å². The molecular formula is C15H18ClFN2O2. The summed E-state index contributed by atoms with van der Waals surface area (Å²) in [4.78, 5) is 27.5. The maximum absolute atomic E-state index is 13.2. The fraction of sp³-hybridized carbons (Fsp3) is 0.467. The Kier molecular flexibility index (Phi) is 4.83. The summed E-state index contributed by atoms with van der Waals surface area (Å²) in [6.45, 7) is 2.49. The fourth-order valence-corrected chi connectivity index (χ4v) is 2.75. The van der Waals surface area contributed by atoms with Crippen LogP contribution in [0.5, 0.6) is 0 Å². The van der Waals surface area contributed by atoms with Crippen molar-refractivity contribution in [3.8, 4) is 0 Å². The van der Waals surface area contributed by atoms with Gasteiger partial charge in [0.2, 0.25) is 11.8 Å². The lowest BCUT2D eigenvalue weighted by molar-refractivity contribution is -0.136. The molecule has 0 saturated carbocycles. The molecule has 0 bridgehead atoms. The Morgan fingerprint density at radius 3 is 2.76 bits per heavy atom. The normalized spacial score (nSPS) is 16.2. The van der Waals surface area contributed by atoms with Crippen molar-refractivity contribution >= 4 is 29.1 Å². The molecule has 0 aliphatic carbocycles. The van der Waals surface area contributed by atoms with E-state index in [1.54, 1.807) is 11.9 Å². The molecule has 0 N–H and O–H groups in total. The summed E-state index contributed by atoms with van der Waals surface area (Å²) in [7, 11) is 1.61. The third kappa shape index (κ3) is 3.18. The molecule has 0 spiro atoms. The van der Waals surface area contributed by atoms with Crippen LogP contribution >= 0.6 is 11.6 Å². The van der Waals surface area contributed by atoms with Crippen molar-refractivity contribution < 1.29 is 14.0 Å². The molecule has 4 nitrogen and oxygen atoms in total. The van der Waals surface area contributed by atoms with Gasteiger partial charge in [0.25, 0.3) is 0 Å². The van der Waals surface area contributed by atoms with Crippen LogP contribution in [0.25, 0.3) is 0 Å². The van der Waals surface area contributed by atoms with Crippen molar-refractivity contribution in [2.24, 2.45) is 0 Å². The van der Waals surface area contributed by atoms with E-state index in [1.165, 1.54) is 23.1 Å². The summed E-state index contributed by atoms with van der Waals surface area (Å²) in [6.07, 6.45) is 1.83. The van der Waals surface area contributed by atoms with Gasteiger partial charge in [0.1, 0.15) is 11.9 Å². The number of benzene rings is 1. The molecule has 114 valence electrons. The predicted molar refractivity (Wildman–Crippen MR) is 79.8 cm³/mol. The van der Waals surface area contributed by atoms with Crippen LogP contribution < -0.4 is 4.90 Å². The summed E-state index contributed by atoms with van der Waals surface area (Å²) in [5.74, 6) is -0.695. The molecule has 1 aromatic carbocycles. The largest absolute Gasteiger partial charge is 0.331 e. The van der Waals surface area contributed by atoms with Gasteiger partial charge >= 0.3 is 0 Å². The van der Waals surface area contributed by atoms with Crippen molar-refractivity contribution in [2.45, 2.75) is 32.2 Å². The van der Waals surface area contributed by atoms with Gasteiger partial charge in [0.05, 0.1) is 5.02 Å². The second-order valence-corrected chi connectivity index (χ2v) is 5.52. The van der Waals surface area contributed by atoms with Gasteiger partial charge in [-0.1, -0.05) is 18.5 Å². The Balaban J connectivity index is 2.20. The van der Waals surface area contributed by atoms with Gasteiger partial charge in [-0.3, -0.25) is 9.59 Å². The number of amides is 2. The number of hydrogen-bond acceptors (Lipinski definition) is 2. The van der Waals surface area contributed by atoms with Gasteiger partial charge in [0.15, 0.2) is 0 Å². The number of halogens is 2. The topological polar surface area (TPSA) is 40.6 Å². The third-order valence-corrected chi connectivity index (χ3v) is 4.07. The Labute approximate surface area is 128 Å². The number of likely N-dealkylation sites (tertiary alicyclic amines) is 1. The molecule has 1 aromatic rings. The quantitative estimate of drug-likeness (QED) is 0.858. The summed E-state index contributed by atoms with van der Waals surface area (Å²) < 4.78 is 13.2. The molecule has 1 fully saturated rings. The van der Waals surface area contributed by atoms with Crippen molar-refractivity contribution in [2.75, 3.05) is 18.5 Å². The van der Waals surface area contributed by atoms with Crippen LogP contribution in [0.4, 0.5) is 10.1 Å². The Hall–Kier alpha value is -1.62. The van der Waals surface area contributed by atoms with Crippen LogP contribution in [0.1, 0.15) is 26.2 Å². The van der Waals surface area contributed by atoms with E-state index in [2.05, 4.69) is 0 Å². The Morgan fingerprint density at radius 2 is 2.24 bits per heavy atom. The highest BCUT2D eigenvalue weighted by atomic mass is 35.5. The number of hydrogen-bond donors (Lipinski definition) is 0. The maximum atomic E-state index is 13.2. The number of rotatable bonds is 4. The van der Waals surface area contributed by atoms with E-state index < -0.39 is 11.9 Å². The molecule has 2 rings (SSSR count). The molecule has 0 aromatic heterocycles. The van der Waals surface area contributed by atoms with Crippen LogP contribution in [-0.4, -0.2) is 36.3 Å². The zero-order valence-electron chi connectivity index (χ0n) is 12.1. The Bertz CT molecular complexity index is 565. The molecule has 1 aliphatic rings. The van der Waals surface area contributed by atoms with E-state index in [0.717, 1.165) is 6.42 Å². The van der Waals surface area contributed by atoms with E-state index in [1.807, 2.05) is 6.92 Å². The third-order valence-electron chi connectivity index (χ3n) is 3.78. The van der Waals surface area contributed by atoms with E-state index in [0.29, 0.717) is 25.1 Å². The second-order valence-electron chi connectivity index (χ2n) is 5.11. The van der Waals surface area contributed by atoms with Crippen molar-refractivity contribution in [1.82, 2.24) is 4.90 Å². The standard InChI is InChI=1S/C15H18ClFN2O2/c1-3-13(19-8-4-5-14(19)20)15(21)18(2)10-6-7-12(17)11(16)9-10/h6-7,9,13H,3-5,8H2,1-2H3/t13-/m1/s1. The SMILES string of the molecule is CC[C@H](C(=O)N(C)c1ccc(F)c(Cl)c1)N1CCCC1=O. The minimum Gasteiger partial charge on any atom is -0.331 e. The van der Waals surface area contributed by atoms with E-state index in [-0.39, 0.29) is 16.8 Å². The van der Waals surface area contributed by atoms with Gasteiger partial charge in [0, 0.05) is 25.7 Å². The average Bonchev–Trinajstić information content (AvgIpc) is 2.88. The summed E-state index contributed by atoms with van der Waals surface area (Å²) in [5.41, 5.74) is 0.511. The lowest BCUT2D eigenvalue weighted by Crippen LogP contribution is -2.47. The highest BCUT2D eigenvalue weighted by Crippen LogP contribution is 2.24. The zero-order chi connectivity index (χ0) is 15.6. The number of anilines is 1. The smallest absolute Gasteiger partial charge is 0.249 e. The van der Waals surface area contributed by atoms with Crippen molar-refractivity contribution in [3.05, 3.63) is 29.0 Å².